The molecule has 0 bridgehead atoms. The van der Waals surface area contributed by atoms with Gasteiger partial charge in [-0.3, -0.25) is 0 Å². The number of carbonyl (C=O) groups excluding carboxylic acids is 2. The van der Waals surface area contributed by atoms with E-state index in [1.807, 2.05) is 20.8 Å². The van der Waals surface area contributed by atoms with E-state index in [4.69, 9.17) is 4.74 Å². The molecule has 0 aliphatic carbocycles. The highest BCUT2D eigenvalue weighted by Gasteiger charge is 2.18. The Morgan fingerprint density at radius 2 is 1.32 bits per heavy atom. The Morgan fingerprint density at radius 1 is 0.895 bits per heavy atom. The second-order valence-corrected chi connectivity index (χ2v) is 4.94. The molecule has 0 saturated carbocycles. The van der Waals surface area contributed by atoms with Gasteiger partial charge in [0, 0.05) is 0 Å². The molecule has 0 heterocycles. The van der Waals surface area contributed by atoms with Crippen LogP contribution < -0.4 is 4.74 Å². The first kappa shape index (κ1) is 15.0. The molecule has 0 amide bonds. The van der Waals surface area contributed by atoms with Crippen LogP contribution in [0.15, 0.2) is 18.2 Å². The van der Waals surface area contributed by atoms with Crippen molar-refractivity contribution in [2.24, 2.45) is 0 Å². The van der Waals surface area contributed by atoms with E-state index in [1.54, 1.807) is 0 Å². The maximum atomic E-state index is 11.6. The van der Waals surface area contributed by atoms with Gasteiger partial charge in [0.1, 0.15) is 11.4 Å². The Balaban J connectivity index is 3.24. The monoisotopic (exact) mass is 266 g/mol. The van der Waals surface area contributed by atoms with E-state index in [2.05, 4.69) is 9.47 Å². The van der Waals surface area contributed by atoms with Crippen molar-refractivity contribution >= 4 is 11.9 Å². The summed E-state index contributed by atoms with van der Waals surface area (Å²) in [5.41, 5.74) is 0.0385. The van der Waals surface area contributed by atoms with Gasteiger partial charge in [0.05, 0.1) is 25.3 Å². The first-order chi connectivity index (χ1) is 8.76. The molecule has 5 heteroatoms. The number of hydrogen-bond donors (Lipinski definition) is 0. The number of rotatable bonds is 3. The molecular formula is C14H18O5. The molecule has 0 unspecified atom stereocenters. The van der Waals surface area contributed by atoms with Crippen molar-refractivity contribution < 1.29 is 23.8 Å². The van der Waals surface area contributed by atoms with Crippen LogP contribution in [-0.2, 0) is 9.47 Å². The Morgan fingerprint density at radius 3 is 1.63 bits per heavy atom. The van der Waals surface area contributed by atoms with Gasteiger partial charge in [-0.15, -0.1) is 0 Å². The Hall–Kier alpha value is -2.04. The lowest BCUT2D eigenvalue weighted by Gasteiger charge is -2.22. The van der Waals surface area contributed by atoms with Gasteiger partial charge in [-0.05, 0) is 39.0 Å². The third-order valence-electron chi connectivity index (χ3n) is 2.17. The Bertz CT molecular complexity index is 451. The molecule has 0 saturated heterocycles. The molecule has 0 spiro atoms. The van der Waals surface area contributed by atoms with E-state index in [-0.39, 0.29) is 11.1 Å². The molecule has 1 rings (SSSR count). The van der Waals surface area contributed by atoms with E-state index in [0.717, 1.165) is 0 Å². The predicted octanol–water partition coefficient (Wildman–Crippen LogP) is 2.44. The Kier molecular flexibility index (Phi) is 4.53. The van der Waals surface area contributed by atoms with Crippen molar-refractivity contribution in [1.82, 2.24) is 0 Å². The van der Waals surface area contributed by atoms with Crippen molar-refractivity contribution in [3.05, 3.63) is 29.3 Å². The van der Waals surface area contributed by atoms with Crippen LogP contribution >= 0.6 is 0 Å². The van der Waals surface area contributed by atoms with Crippen LogP contribution in [0.25, 0.3) is 0 Å². The summed E-state index contributed by atoms with van der Waals surface area (Å²) in [6.45, 7) is 5.61. The second-order valence-electron chi connectivity index (χ2n) is 4.94. The third kappa shape index (κ3) is 4.28. The highest BCUT2D eigenvalue weighted by atomic mass is 16.5. The quantitative estimate of drug-likeness (QED) is 0.786. The standard InChI is InChI=1S/C14H18O5/c1-14(2,3)19-11-7-9(12(15)17-4)6-10(8-11)13(16)18-5/h6-8H,1-5H3. The van der Waals surface area contributed by atoms with Gasteiger partial charge < -0.3 is 14.2 Å². The summed E-state index contributed by atoms with van der Waals surface area (Å²) in [7, 11) is 2.55. The number of ether oxygens (including phenoxy) is 3. The summed E-state index contributed by atoms with van der Waals surface area (Å²) >= 11 is 0. The SMILES string of the molecule is COC(=O)c1cc(OC(C)(C)C)cc(C(=O)OC)c1. The van der Waals surface area contributed by atoms with Crippen molar-refractivity contribution in [2.45, 2.75) is 26.4 Å². The normalized spacial score (nSPS) is 10.8. The van der Waals surface area contributed by atoms with Crippen molar-refractivity contribution in [3.63, 3.8) is 0 Å². The summed E-state index contributed by atoms with van der Waals surface area (Å²) in [5.74, 6) is -0.662. The average molecular weight is 266 g/mol. The van der Waals surface area contributed by atoms with Crippen molar-refractivity contribution in [3.8, 4) is 5.75 Å². The second kappa shape index (κ2) is 5.73. The summed E-state index contributed by atoms with van der Waals surface area (Å²) in [6, 6.07) is 4.47. The molecule has 1 aromatic rings. The van der Waals surface area contributed by atoms with E-state index in [0.29, 0.717) is 5.75 Å². The fourth-order valence-electron chi connectivity index (χ4n) is 1.48. The molecule has 0 aliphatic rings. The van der Waals surface area contributed by atoms with Gasteiger partial charge in [0.25, 0.3) is 0 Å². The van der Waals surface area contributed by atoms with Crippen LogP contribution in [-0.4, -0.2) is 31.8 Å². The first-order valence-electron chi connectivity index (χ1n) is 5.77. The molecule has 0 fully saturated rings. The smallest absolute Gasteiger partial charge is 0.338 e. The number of benzene rings is 1. The summed E-state index contributed by atoms with van der Waals surface area (Å²) in [4.78, 5) is 23.1. The first-order valence-corrected chi connectivity index (χ1v) is 5.77. The van der Waals surface area contributed by atoms with Crippen LogP contribution in [0, 0.1) is 0 Å². The lowest BCUT2D eigenvalue weighted by atomic mass is 10.1. The maximum absolute atomic E-state index is 11.6. The average Bonchev–Trinajstić information content (AvgIpc) is 2.34. The molecule has 0 aromatic heterocycles. The van der Waals surface area contributed by atoms with Gasteiger partial charge in [-0.25, -0.2) is 9.59 Å². The highest BCUT2D eigenvalue weighted by Crippen LogP contribution is 2.23. The zero-order valence-corrected chi connectivity index (χ0v) is 11.8. The highest BCUT2D eigenvalue weighted by molar-refractivity contribution is 5.96. The van der Waals surface area contributed by atoms with E-state index in [9.17, 15) is 9.59 Å². The van der Waals surface area contributed by atoms with Crippen LogP contribution in [0.3, 0.4) is 0 Å². The summed E-state index contributed by atoms with van der Waals surface area (Å²) in [6.07, 6.45) is 0. The molecule has 19 heavy (non-hydrogen) atoms. The Labute approximate surface area is 112 Å². The molecule has 0 radical (unpaired) electrons. The van der Waals surface area contributed by atoms with Crippen LogP contribution in [0.4, 0.5) is 0 Å². The van der Waals surface area contributed by atoms with Crippen LogP contribution in [0.5, 0.6) is 5.75 Å². The molecule has 0 N–H and O–H groups in total. The number of hydrogen-bond acceptors (Lipinski definition) is 5. The fourth-order valence-corrected chi connectivity index (χ4v) is 1.48. The predicted molar refractivity (Wildman–Crippen MR) is 69.5 cm³/mol. The maximum Gasteiger partial charge on any atom is 0.338 e. The number of methoxy groups -OCH3 is 2. The molecule has 1 aromatic carbocycles. The summed E-state index contributed by atoms with van der Waals surface area (Å²) < 4.78 is 14.9. The number of esters is 2. The molecule has 0 atom stereocenters. The van der Waals surface area contributed by atoms with Crippen molar-refractivity contribution in [2.75, 3.05) is 14.2 Å². The minimum atomic E-state index is -0.537. The molecule has 0 aliphatic heterocycles. The van der Waals surface area contributed by atoms with E-state index >= 15 is 0 Å². The molecule has 104 valence electrons. The topological polar surface area (TPSA) is 61.8 Å². The van der Waals surface area contributed by atoms with Gasteiger partial charge >= 0.3 is 11.9 Å². The minimum absolute atomic E-state index is 0.240. The largest absolute Gasteiger partial charge is 0.488 e. The zero-order chi connectivity index (χ0) is 14.6. The lowest BCUT2D eigenvalue weighted by molar-refractivity contribution is 0.0595. The molecular weight excluding hydrogens is 248 g/mol. The number of carbonyl (C=O) groups is 2. The lowest BCUT2D eigenvalue weighted by Crippen LogP contribution is -2.23. The van der Waals surface area contributed by atoms with Gasteiger partial charge in [-0.1, -0.05) is 0 Å². The molecule has 5 nitrogen and oxygen atoms in total. The fraction of sp³-hybridized carbons (Fsp3) is 0.429. The van der Waals surface area contributed by atoms with Crippen LogP contribution in [0.1, 0.15) is 41.5 Å². The van der Waals surface area contributed by atoms with Crippen LogP contribution in [0.2, 0.25) is 0 Å². The third-order valence-corrected chi connectivity index (χ3v) is 2.17. The zero-order valence-electron chi connectivity index (χ0n) is 11.8. The minimum Gasteiger partial charge on any atom is -0.488 e. The van der Waals surface area contributed by atoms with Gasteiger partial charge in [-0.2, -0.15) is 0 Å². The van der Waals surface area contributed by atoms with E-state index in [1.165, 1.54) is 32.4 Å². The van der Waals surface area contributed by atoms with Gasteiger partial charge in [0.2, 0.25) is 0 Å². The van der Waals surface area contributed by atoms with Gasteiger partial charge in [0.15, 0.2) is 0 Å². The van der Waals surface area contributed by atoms with E-state index < -0.39 is 17.5 Å². The summed E-state index contributed by atoms with van der Waals surface area (Å²) in [5, 5.41) is 0. The van der Waals surface area contributed by atoms with Crippen molar-refractivity contribution in [1.29, 1.82) is 0 Å².